The molecule has 102 valence electrons. The van der Waals surface area contributed by atoms with Gasteiger partial charge in [0, 0.05) is 11.9 Å². The molecule has 1 N–H and O–H groups in total. The molecule has 0 bridgehead atoms. The highest BCUT2D eigenvalue weighted by Crippen LogP contribution is 2.28. The number of alkyl halides is 1. The minimum absolute atomic E-state index is 0.126. The Bertz CT molecular complexity index is 335. The van der Waals surface area contributed by atoms with Gasteiger partial charge in [0.25, 0.3) is 0 Å². The van der Waals surface area contributed by atoms with Crippen molar-refractivity contribution in [3.8, 4) is 0 Å². The van der Waals surface area contributed by atoms with Gasteiger partial charge in [-0.05, 0) is 24.2 Å². The van der Waals surface area contributed by atoms with Crippen LogP contribution in [-0.2, 0) is 10.0 Å². The topological polar surface area (TPSA) is 46.2 Å². The molecule has 0 saturated heterocycles. The van der Waals surface area contributed by atoms with E-state index in [2.05, 4.69) is 4.72 Å². The first-order chi connectivity index (χ1) is 7.70. The molecule has 5 heteroatoms. The molecule has 0 aliphatic heterocycles. The molecular weight excluding hydrogens is 258 g/mol. The van der Waals surface area contributed by atoms with Crippen LogP contribution in [0.3, 0.4) is 0 Å². The first-order valence-corrected chi connectivity index (χ1v) is 8.40. The van der Waals surface area contributed by atoms with Gasteiger partial charge in [-0.25, -0.2) is 13.1 Å². The number of rotatable bonds is 4. The lowest BCUT2D eigenvalue weighted by Crippen LogP contribution is -2.38. The number of sulfonamides is 1. The molecule has 0 aromatic heterocycles. The Balaban J connectivity index is 2.44. The van der Waals surface area contributed by atoms with Crippen LogP contribution in [0.25, 0.3) is 0 Å². The third-order valence-corrected chi connectivity index (χ3v) is 5.43. The number of hydrogen-bond donors (Lipinski definition) is 1. The summed E-state index contributed by atoms with van der Waals surface area (Å²) in [4.78, 5) is 0. The zero-order valence-electron chi connectivity index (χ0n) is 11.0. The van der Waals surface area contributed by atoms with Crippen LogP contribution in [-0.4, -0.2) is 26.1 Å². The summed E-state index contributed by atoms with van der Waals surface area (Å²) in [7, 11) is -3.17. The maximum absolute atomic E-state index is 11.8. The molecule has 1 aliphatic carbocycles. The molecule has 3 nitrogen and oxygen atoms in total. The van der Waals surface area contributed by atoms with Gasteiger partial charge in [0.05, 0.1) is 5.75 Å². The summed E-state index contributed by atoms with van der Waals surface area (Å²) in [6, 6.07) is 0. The fourth-order valence-electron chi connectivity index (χ4n) is 2.25. The molecule has 1 rings (SSSR count). The lowest BCUT2D eigenvalue weighted by atomic mass is 9.89. The van der Waals surface area contributed by atoms with Gasteiger partial charge in [-0.2, -0.15) is 0 Å². The van der Waals surface area contributed by atoms with Crippen LogP contribution < -0.4 is 4.72 Å². The minimum Gasteiger partial charge on any atom is -0.215 e. The van der Waals surface area contributed by atoms with E-state index in [0.717, 1.165) is 19.3 Å². The van der Waals surface area contributed by atoms with Crippen LogP contribution in [0, 0.1) is 11.3 Å². The highest BCUT2D eigenvalue weighted by Gasteiger charge is 2.26. The summed E-state index contributed by atoms with van der Waals surface area (Å²) in [5.41, 5.74) is -0.210. The molecule has 0 amide bonds. The van der Waals surface area contributed by atoms with E-state index in [1.807, 2.05) is 20.8 Å². The molecule has 1 aliphatic rings. The van der Waals surface area contributed by atoms with E-state index in [1.165, 1.54) is 6.42 Å². The third-order valence-electron chi connectivity index (χ3n) is 3.00. The van der Waals surface area contributed by atoms with Gasteiger partial charge in [0.1, 0.15) is 0 Å². The molecule has 0 spiro atoms. The zero-order valence-corrected chi connectivity index (χ0v) is 12.6. The number of hydrogen-bond acceptors (Lipinski definition) is 2. The Kier molecular flexibility index (Phi) is 5.29. The lowest BCUT2D eigenvalue weighted by molar-refractivity contribution is 0.362. The average Bonchev–Trinajstić information content (AvgIpc) is 2.13. The molecule has 2 unspecified atom stereocenters. The summed E-state index contributed by atoms with van der Waals surface area (Å²) in [6.07, 6.45) is 4.37. The second-order valence-corrected chi connectivity index (χ2v) is 8.60. The lowest BCUT2D eigenvalue weighted by Gasteiger charge is -2.27. The molecule has 2 atom stereocenters. The van der Waals surface area contributed by atoms with Crippen LogP contribution in [0.1, 0.15) is 46.5 Å². The summed E-state index contributed by atoms with van der Waals surface area (Å²) in [6.45, 7) is 6.28. The van der Waals surface area contributed by atoms with E-state index in [1.54, 1.807) is 0 Å². The van der Waals surface area contributed by atoms with E-state index in [4.69, 9.17) is 11.6 Å². The predicted octanol–water partition coefficient (Wildman–Crippen LogP) is 2.75. The summed E-state index contributed by atoms with van der Waals surface area (Å²) < 4.78 is 26.4. The van der Waals surface area contributed by atoms with Crippen molar-refractivity contribution < 1.29 is 8.42 Å². The molecule has 1 fully saturated rings. The van der Waals surface area contributed by atoms with Crippen molar-refractivity contribution in [1.82, 2.24) is 4.72 Å². The van der Waals surface area contributed by atoms with Crippen molar-refractivity contribution in [3.63, 3.8) is 0 Å². The van der Waals surface area contributed by atoms with Crippen LogP contribution >= 0.6 is 11.6 Å². The minimum atomic E-state index is -3.17. The molecule has 1 saturated carbocycles. The predicted molar refractivity (Wildman–Crippen MR) is 72.8 cm³/mol. The van der Waals surface area contributed by atoms with Crippen molar-refractivity contribution in [1.29, 1.82) is 0 Å². The van der Waals surface area contributed by atoms with E-state index in [9.17, 15) is 8.42 Å². The van der Waals surface area contributed by atoms with E-state index >= 15 is 0 Å². The quantitative estimate of drug-likeness (QED) is 0.806. The van der Waals surface area contributed by atoms with Gasteiger partial charge >= 0.3 is 0 Å². The third kappa shape index (κ3) is 6.07. The van der Waals surface area contributed by atoms with E-state index < -0.39 is 10.0 Å². The average molecular weight is 282 g/mol. The number of nitrogens with one attached hydrogen (secondary N) is 1. The maximum Gasteiger partial charge on any atom is 0.212 e. The monoisotopic (exact) mass is 281 g/mol. The highest BCUT2D eigenvalue weighted by atomic mass is 35.5. The van der Waals surface area contributed by atoms with Crippen molar-refractivity contribution in [2.45, 2.75) is 51.8 Å². The fourth-order valence-corrected chi connectivity index (χ4v) is 4.33. The molecule has 0 aromatic rings. The van der Waals surface area contributed by atoms with Crippen molar-refractivity contribution in [2.75, 3.05) is 12.3 Å². The Morgan fingerprint density at radius 2 is 1.82 bits per heavy atom. The van der Waals surface area contributed by atoms with Gasteiger partial charge in [0.15, 0.2) is 0 Å². The van der Waals surface area contributed by atoms with Crippen molar-refractivity contribution >= 4 is 21.6 Å². The summed E-state index contributed by atoms with van der Waals surface area (Å²) >= 11 is 6.21. The SMILES string of the molecule is CC(C)(C)CS(=O)(=O)NCC1CCCCC1Cl. The van der Waals surface area contributed by atoms with Crippen LogP contribution in [0.2, 0.25) is 0 Å². The van der Waals surface area contributed by atoms with Gasteiger partial charge in [0.2, 0.25) is 10.0 Å². The molecule has 0 heterocycles. The fraction of sp³-hybridized carbons (Fsp3) is 1.00. The molecule has 0 radical (unpaired) electrons. The standard InChI is InChI=1S/C12H24ClNO2S/c1-12(2,3)9-17(15,16)14-8-10-6-4-5-7-11(10)13/h10-11,14H,4-9H2,1-3H3. The molecule has 0 aromatic carbocycles. The number of halogens is 1. The van der Waals surface area contributed by atoms with E-state index in [-0.39, 0.29) is 16.5 Å². The van der Waals surface area contributed by atoms with Crippen molar-refractivity contribution in [3.05, 3.63) is 0 Å². The highest BCUT2D eigenvalue weighted by molar-refractivity contribution is 7.89. The second kappa shape index (κ2) is 5.89. The maximum atomic E-state index is 11.8. The van der Waals surface area contributed by atoms with Gasteiger partial charge < -0.3 is 0 Å². The molecular formula is C12H24ClNO2S. The van der Waals surface area contributed by atoms with Crippen LogP contribution in [0.4, 0.5) is 0 Å². The van der Waals surface area contributed by atoms with Gasteiger partial charge in [-0.1, -0.05) is 33.6 Å². The first kappa shape index (κ1) is 15.3. The van der Waals surface area contributed by atoms with Gasteiger partial charge in [-0.15, -0.1) is 11.6 Å². The second-order valence-electron chi connectivity index (χ2n) is 6.23. The van der Waals surface area contributed by atoms with Crippen molar-refractivity contribution in [2.24, 2.45) is 11.3 Å². The van der Waals surface area contributed by atoms with Crippen LogP contribution in [0.15, 0.2) is 0 Å². The van der Waals surface area contributed by atoms with E-state index in [0.29, 0.717) is 12.5 Å². The normalized spacial score (nSPS) is 27.1. The Labute approximate surface area is 110 Å². The van der Waals surface area contributed by atoms with Crippen LogP contribution in [0.5, 0.6) is 0 Å². The summed E-state index contributed by atoms with van der Waals surface area (Å²) in [5.74, 6) is 0.458. The van der Waals surface area contributed by atoms with Gasteiger partial charge in [-0.3, -0.25) is 0 Å². The smallest absolute Gasteiger partial charge is 0.212 e. The largest absolute Gasteiger partial charge is 0.215 e. The first-order valence-electron chi connectivity index (χ1n) is 6.31. The zero-order chi connectivity index (χ0) is 13.1. The Morgan fingerprint density at radius 3 is 2.35 bits per heavy atom. The Morgan fingerprint density at radius 1 is 1.24 bits per heavy atom. The summed E-state index contributed by atoms with van der Waals surface area (Å²) in [5, 5.41) is 0.126. The molecule has 17 heavy (non-hydrogen) atoms. The Hall–Kier alpha value is 0.200.